The smallest absolute Gasteiger partial charge is 0.223 e. The number of Topliss-reactive ketones (excluding diaryl/α,β-unsaturated/α-hetero) is 1. The summed E-state index contributed by atoms with van der Waals surface area (Å²) in [6, 6.07) is 13.4. The summed E-state index contributed by atoms with van der Waals surface area (Å²) >= 11 is 1.52. The van der Waals surface area contributed by atoms with Crippen LogP contribution < -0.4 is 9.64 Å². The molecular formula is C20H21NO3S. The number of fused-ring (bicyclic) bond motifs is 1. The molecule has 0 bridgehead atoms. The Balaban J connectivity index is 1.75. The van der Waals surface area contributed by atoms with Crippen LogP contribution >= 0.6 is 11.8 Å². The van der Waals surface area contributed by atoms with Crippen molar-refractivity contribution in [2.24, 2.45) is 0 Å². The Morgan fingerprint density at radius 2 is 2.00 bits per heavy atom. The highest BCUT2D eigenvalue weighted by Crippen LogP contribution is 2.32. The molecule has 0 saturated carbocycles. The van der Waals surface area contributed by atoms with Gasteiger partial charge in [0.1, 0.15) is 5.75 Å². The van der Waals surface area contributed by atoms with Crippen LogP contribution in [0.2, 0.25) is 0 Å². The lowest BCUT2D eigenvalue weighted by atomic mass is 10.0. The minimum absolute atomic E-state index is 0.0415. The average molecular weight is 355 g/mol. The van der Waals surface area contributed by atoms with E-state index >= 15 is 0 Å². The number of hydrogen-bond acceptors (Lipinski definition) is 4. The van der Waals surface area contributed by atoms with Crippen molar-refractivity contribution in [1.29, 1.82) is 0 Å². The van der Waals surface area contributed by atoms with Gasteiger partial charge in [-0.15, -0.1) is 11.8 Å². The Hall–Kier alpha value is -2.27. The standard InChI is InChI=1S/C20H21NO3S/c1-13(25-18-6-4-5-17(12-18)24-3)20(23)16-7-8-19-15(11-16)9-10-21(19)14(2)22/h4-8,11-13H,9-10H2,1-3H3/t13-/m0/s1. The number of rotatable bonds is 5. The van der Waals surface area contributed by atoms with E-state index < -0.39 is 0 Å². The van der Waals surface area contributed by atoms with E-state index in [2.05, 4.69) is 0 Å². The van der Waals surface area contributed by atoms with Crippen molar-refractivity contribution in [3.63, 3.8) is 0 Å². The second-order valence-corrected chi connectivity index (χ2v) is 7.48. The van der Waals surface area contributed by atoms with Gasteiger partial charge in [0.25, 0.3) is 0 Å². The zero-order chi connectivity index (χ0) is 18.0. The molecular weight excluding hydrogens is 334 g/mol. The first-order valence-corrected chi connectivity index (χ1v) is 9.13. The number of thioether (sulfide) groups is 1. The van der Waals surface area contributed by atoms with Gasteiger partial charge in [-0.05, 0) is 55.3 Å². The van der Waals surface area contributed by atoms with Gasteiger partial charge in [0, 0.05) is 29.6 Å². The minimum atomic E-state index is -0.199. The Bertz CT molecular complexity index is 818. The largest absolute Gasteiger partial charge is 0.497 e. The zero-order valence-electron chi connectivity index (χ0n) is 14.6. The maximum atomic E-state index is 12.8. The highest BCUT2D eigenvalue weighted by Gasteiger charge is 2.24. The summed E-state index contributed by atoms with van der Waals surface area (Å²) in [4.78, 5) is 27.2. The number of hydrogen-bond donors (Lipinski definition) is 0. The number of methoxy groups -OCH3 is 1. The molecule has 0 saturated heterocycles. The van der Waals surface area contributed by atoms with Gasteiger partial charge in [-0.3, -0.25) is 9.59 Å². The van der Waals surface area contributed by atoms with E-state index in [9.17, 15) is 9.59 Å². The fourth-order valence-corrected chi connectivity index (χ4v) is 4.04. The van der Waals surface area contributed by atoms with E-state index in [4.69, 9.17) is 4.74 Å². The lowest BCUT2D eigenvalue weighted by Crippen LogP contribution is -2.25. The maximum Gasteiger partial charge on any atom is 0.223 e. The molecule has 0 aliphatic carbocycles. The van der Waals surface area contributed by atoms with Gasteiger partial charge in [-0.25, -0.2) is 0 Å². The highest BCUT2D eigenvalue weighted by atomic mass is 32.2. The quantitative estimate of drug-likeness (QED) is 0.601. The molecule has 0 unspecified atom stereocenters. The van der Waals surface area contributed by atoms with Gasteiger partial charge < -0.3 is 9.64 Å². The summed E-state index contributed by atoms with van der Waals surface area (Å²) in [5.41, 5.74) is 2.70. The number of ketones is 1. The summed E-state index contributed by atoms with van der Waals surface area (Å²) in [5.74, 6) is 0.920. The third kappa shape index (κ3) is 3.71. The number of amides is 1. The molecule has 0 spiro atoms. The van der Waals surface area contributed by atoms with Crippen LogP contribution in [-0.2, 0) is 11.2 Å². The fraction of sp³-hybridized carbons (Fsp3) is 0.300. The van der Waals surface area contributed by atoms with E-state index in [1.807, 2.05) is 49.4 Å². The molecule has 4 nitrogen and oxygen atoms in total. The lowest BCUT2D eigenvalue weighted by molar-refractivity contribution is -0.116. The van der Waals surface area contributed by atoms with E-state index in [-0.39, 0.29) is 16.9 Å². The molecule has 5 heteroatoms. The first kappa shape index (κ1) is 17.5. The topological polar surface area (TPSA) is 46.6 Å². The predicted octanol–water partition coefficient (Wildman–Crippen LogP) is 3.97. The van der Waals surface area contributed by atoms with Crippen LogP contribution in [0.5, 0.6) is 5.75 Å². The van der Waals surface area contributed by atoms with Crippen LogP contribution in [0.4, 0.5) is 5.69 Å². The highest BCUT2D eigenvalue weighted by molar-refractivity contribution is 8.00. The molecule has 1 atom stereocenters. The average Bonchev–Trinajstić information content (AvgIpc) is 3.04. The van der Waals surface area contributed by atoms with Crippen LogP contribution in [0.15, 0.2) is 47.4 Å². The van der Waals surface area contributed by atoms with Crippen LogP contribution in [0, 0.1) is 0 Å². The fourth-order valence-electron chi connectivity index (χ4n) is 3.05. The van der Waals surface area contributed by atoms with E-state index in [1.165, 1.54) is 11.8 Å². The van der Waals surface area contributed by atoms with Crippen molar-refractivity contribution in [1.82, 2.24) is 0 Å². The predicted molar refractivity (Wildman–Crippen MR) is 101 cm³/mol. The monoisotopic (exact) mass is 355 g/mol. The molecule has 3 rings (SSSR count). The first-order valence-electron chi connectivity index (χ1n) is 8.25. The normalized spacial score (nSPS) is 14.1. The maximum absolute atomic E-state index is 12.8. The van der Waals surface area contributed by atoms with Crippen molar-refractivity contribution in [2.75, 3.05) is 18.6 Å². The number of benzene rings is 2. The Morgan fingerprint density at radius 3 is 2.72 bits per heavy atom. The van der Waals surface area contributed by atoms with Gasteiger partial charge in [0.2, 0.25) is 5.91 Å². The number of carbonyl (C=O) groups excluding carboxylic acids is 2. The van der Waals surface area contributed by atoms with E-state index in [1.54, 1.807) is 18.9 Å². The third-order valence-corrected chi connectivity index (χ3v) is 5.46. The van der Waals surface area contributed by atoms with Gasteiger partial charge in [-0.2, -0.15) is 0 Å². The summed E-state index contributed by atoms with van der Waals surface area (Å²) in [7, 11) is 1.63. The number of nitrogens with zero attached hydrogens (tertiary/aromatic N) is 1. The molecule has 0 fully saturated rings. The van der Waals surface area contributed by atoms with Gasteiger partial charge in [-0.1, -0.05) is 6.07 Å². The number of carbonyl (C=O) groups is 2. The molecule has 25 heavy (non-hydrogen) atoms. The zero-order valence-corrected chi connectivity index (χ0v) is 15.4. The molecule has 1 aliphatic heterocycles. The van der Waals surface area contributed by atoms with Crippen LogP contribution in [0.25, 0.3) is 0 Å². The third-order valence-electron chi connectivity index (χ3n) is 4.36. The minimum Gasteiger partial charge on any atom is -0.497 e. The summed E-state index contributed by atoms with van der Waals surface area (Å²) in [6.45, 7) is 4.18. The Labute approximate surface area is 152 Å². The molecule has 0 radical (unpaired) electrons. The van der Waals surface area contributed by atoms with Gasteiger partial charge in [0.05, 0.1) is 12.4 Å². The Kier molecular flexibility index (Phi) is 5.13. The van der Waals surface area contributed by atoms with Crippen molar-refractivity contribution in [2.45, 2.75) is 30.4 Å². The van der Waals surface area contributed by atoms with Gasteiger partial charge >= 0.3 is 0 Å². The van der Waals surface area contributed by atoms with Crippen LogP contribution in [0.1, 0.15) is 29.8 Å². The second-order valence-electron chi connectivity index (χ2n) is 6.07. The molecule has 2 aromatic carbocycles. The number of ether oxygens (including phenoxy) is 1. The SMILES string of the molecule is COc1cccc(S[C@@H](C)C(=O)c2ccc3c(c2)CCN3C(C)=O)c1. The molecule has 1 amide bonds. The van der Waals surface area contributed by atoms with E-state index in [0.29, 0.717) is 12.1 Å². The summed E-state index contributed by atoms with van der Waals surface area (Å²) in [5, 5.41) is -0.199. The molecule has 1 aliphatic rings. The molecule has 1 heterocycles. The van der Waals surface area contributed by atoms with Crippen LogP contribution in [0.3, 0.4) is 0 Å². The van der Waals surface area contributed by atoms with Crippen molar-refractivity contribution in [3.8, 4) is 5.75 Å². The second kappa shape index (κ2) is 7.31. The van der Waals surface area contributed by atoms with Crippen LogP contribution in [-0.4, -0.2) is 30.6 Å². The van der Waals surface area contributed by atoms with E-state index in [0.717, 1.165) is 28.3 Å². The molecule has 0 N–H and O–H groups in total. The molecule has 2 aromatic rings. The van der Waals surface area contributed by atoms with Crippen molar-refractivity contribution < 1.29 is 14.3 Å². The lowest BCUT2D eigenvalue weighted by Gasteiger charge is -2.15. The molecule has 0 aromatic heterocycles. The summed E-state index contributed by atoms with van der Waals surface area (Å²) in [6.07, 6.45) is 0.799. The van der Waals surface area contributed by atoms with Crippen molar-refractivity contribution in [3.05, 3.63) is 53.6 Å². The number of anilines is 1. The van der Waals surface area contributed by atoms with Crippen molar-refractivity contribution >= 4 is 29.1 Å². The Morgan fingerprint density at radius 1 is 1.20 bits per heavy atom. The summed E-state index contributed by atoms with van der Waals surface area (Å²) < 4.78 is 5.23. The molecule has 130 valence electrons. The first-order chi connectivity index (χ1) is 12.0. The van der Waals surface area contributed by atoms with Gasteiger partial charge in [0.15, 0.2) is 5.78 Å².